The van der Waals surface area contributed by atoms with E-state index in [4.69, 9.17) is 15.0 Å². The fraction of sp³-hybridized carbons (Fsp3) is 0.417. The number of aromatic nitrogens is 3. The first-order valence-electron chi connectivity index (χ1n) is 5.92. The van der Waals surface area contributed by atoms with Gasteiger partial charge in [-0.1, -0.05) is 12.1 Å². The molecular weight excluding hydrogens is 232 g/mol. The lowest BCUT2D eigenvalue weighted by molar-refractivity contribution is 0.0518. The first kappa shape index (κ1) is 12.5. The molecule has 0 amide bonds. The minimum Gasteiger partial charge on any atom is -0.397 e. The number of nitrogens with two attached hydrogens (primary N) is 1. The van der Waals surface area contributed by atoms with E-state index in [0.717, 1.165) is 6.42 Å². The van der Waals surface area contributed by atoms with Gasteiger partial charge >= 0.3 is 0 Å². The van der Waals surface area contributed by atoms with E-state index in [-0.39, 0.29) is 6.10 Å². The Hall–Kier alpha value is -1.95. The molecule has 2 aromatic heterocycles. The highest BCUT2D eigenvalue weighted by Crippen LogP contribution is 2.24. The predicted octanol–water partition coefficient (Wildman–Crippen LogP) is 2.20. The van der Waals surface area contributed by atoms with Crippen molar-refractivity contribution in [1.82, 2.24) is 15.1 Å². The first-order chi connectivity index (χ1) is 8.76. The molecular formula is C12H16N4O2. The lowest BCUT2D eigenvalue weighted by Gasteiger charge is -2.09. The van der Waals surface area contributed by atoms with E-state index in [2.05, 4.69) is 15.1 Å². The fourth-order valence-corrected chi connectivity index (χ4v) is 1.63. The molecule has 6 nitrogen and oxygen atoms in total. The number of anilines is 1. The molecule has 18 heavy (non-hydrogen) atoms. The lowest BCUT2D eigenvalue weighted by atomic mass is 10.2. The second-order valence-corrected chi connectivity index (χ2v) is 3.75. The van der Waals surface area contributed by atoms with Gasteiger partial charge < -0.3 is 15.0 Å². The number of hydrogen-bond donors (Lipinski definition) is 1. The van der Waals surface area contributed by atoms with Gasteiger partial charge in [0.2, 0.25) is 5.82 Å². The number of hydrogen-bond acceptors (Lipinski definition) is 6. The van der Waals surface area contributed by atoms with Crippen molar-refractivity contribution in [2.75, 3.05) is 12.3 Å². The van der Waals surface area contributed by atoms with Crippen LogP contribution in [0.2, 0.25) is 0 Å². The second-order valence-electron chi connectivity index (χ2n) is 3.75. The van der Waals surface area contributed by atoms with Crippen molar-refractivity contribution in [3.05, 3.63) is 24.2 Å². The van der Waals surface area contributed by atoms with Crippen molar-refractivity contribution in [3.8, 4) is 11.6 Å². The number of nitrogens with zero attached hydrogens (tertiary/aromatic N) is 3. The average Bonchev–Trinajstić information content (AvgIpc) is 2.85. The van der Waals surface area contributed by atoms with Gasteiger partial charge in [-0.15, -0.1) is 0 Å². The van der Waals surface area contributed by atoms with Gasteiger partial charge in [-0.25, -0.2) is 4.98 Å². The molecule has 0 aliphatic rings. The van der Waals surface area contributed by atoms with Crippen LogP contribution in [-0.4, -0.2) is 21.7 Å². The van der Waals surface area contributed by atoms with Gasteiger partial charge in [0.15, 0.2) is 5.69 Å². The molecule has 2 rings (SSSR count). The molecule has 2 N–H and O–H groups in total. The Bertz CT molecular complexity index is 512. The number of nitrogen functional groups attached to an aromatic ring is 1. The Morgan fingerprint density at radius 2 is 2.28 bits per heavy atom. The summed E-state index contributed by atoms with van der Waals surface area (Å²) in [7, 11) is 0. The molecule has 6 heteroatoms. The van der Waals surface area contributed by atoms with Crippen LogP contribution in [-0.2, 0) is 4.74 Å². The third kappa shape index (κ3) is 2.48. The minimum absolute atomic E-state index is 0.155. The summed E-state index contributed by atoms with van der Waals surface area (Å²) in [6.45, 7) is 4.54. The molecule has 0 aliphatic carbocycles. The van der Waals surface area contributed by atoms with Crippen LogP contribution >= 0.6 is 0 Å². The third-order valence-corrected chi connectivity index (χ3v) is 2.51. The van der Waals surface area contributed by atoms with Gasteiger partial charge in [0.25, 0.3) is 5.89 Å². The Balaban J connectivity index is 2.28. The van der Waals surface area contributed by atoms with Gasteiger partial charge in [-0.3, -0.25) is 0 Å². The second kappa shape index (κ2) is 5.59. The first-order valence-corrected chi connectivity index (χ1v) is 5.92. The quantitative estimate of drug-likeness (QED) is 0.872. The van der Waals surface area contributed by atoms with Gasteiger partial charge in [0.1, 0.15) is 6.10 Å². The highest BCUT2D eigenvalue weighted by atomic mass is 16.5. The van der Waals surface area contributed by atoms with E-state index in [1.807, 2.05) is 13.8 Å². The monoisotopic (exact) mass is 248 g/mol. The van der Waals surface area contributed by atoms with Crippen molar-refractivity contribution in [3.63, 3.8) is 0 Å². The fourth-order valence-electron chi connectivity index (χ4n) is 1.63. The summed E-state index contributed by atoms with van der Waals surface area (Å²) in [6, 6.07) is 3.50. The summed E-state index contributed by atoms with van der Waals surface area (Å²) in [5, 5.41) is 3.92. The summed E-state index contributed by atoms with van der Waals surface area (Å²) in [6.07, 6.45) is 2.26. The van der Waals surface area contributed by atoms with Crippen LogP contribution in [0, 0.1) is 0 Å². The van der Waals surface area contributed by atoms with Crippen LogP contribution in [0.4, 0.5) is 5.69 Å². The molecule has 1 unspecified atom stereocenters. The van der Waals surface area contributed by atoms with E-state index < -0.39 is 0 Å². The molecule has 0 spiro atoms. The highest BCUT2D eigenvalue weighted by Gasteiger charge is 2.19. The number of ether oxygens (including phenoxy) is 1. The van der Waals surface area contributed by atoms with E-state index in [1.165, 1.54) is 0 Å². The number of rotatable bonds is 5. The largest absolute Gasteiger partial charge is 0.397 e. The molecule has 0 bridgehead atoms. The lowest BCUT2D eigenvalue weighted by Crippen LogP contribution is -2.04. The molecule has 2 aromatic rings. The SMILES string of the molecule is CCOC(CC)c1noc(-c2ncccc2N)n1. The molecule has 0 saturated heterocycles. The summed E-state index contributed by atoms with van der Waals surface area (Å²) in [5.74, 6) is 0.848. The van der Waals surface area contributed by atoms with E-state index in [0.29, 0.717) is 29.7 Å². The Kier molecular flexibility index (Phi) is 3.88. The highest BCUT2D eigenvalue weighted by molar-refractivity contribution is 5.65. The van der Waals surface area contributed by atoms with Gasteiger partial charge in [0.05, 0.1) is 5.69 Å². The smallest absolute Gasteiger partial charge is 0.278 e. The molecule has 0 saturated carbocycles. The molecule has 2 heterocycles. The average molecular weight is 248 g/mol. The van der Waals surface area contributed by atoms with Crippen LogP contribution in [0.15, 0.2) is 22.9 Å². The van der Waals surface area contributed by atoms with E-state index >= 15 is 0 Å². The third-order valence-electron chi connectivity index (χ3n) is 2.51. The van der Waals surface area contributed by atoms with E-state index in [9.17, 15) is 0 Å². The normalized spacial score (nSPS) is 12.6. The van der Waals surface area contributed by atoms with Gasteiger partial charge in [-0.2, -0.15) is 4.98 Å². The van der Waals surface area contributed by atoms with Crippen molar-refractivity contribution in [2.24, 2.45) is 0 Å². The zero-order valence-corrected chi connectivity index (χ0v) is 10.5. The van der Waals surface area contributed by atoms with Crippen LogP contribution < -0.4 is 5.73 Å². The minimum atomic E-state index is -0.155. The van der Waals surface area contributed by atoms with Crippen LogP contribution in [0.5, 0.6) is 0 Å². The summed E-state index contributed by atoms with van der Waals surface area (Å²) >= 11 is 0. The zero-order chi connectivity index (χ0) is 13.0. The maximum atomic E-state index is 5.81. The van der Waals surface area contributed by atoms with Crippen molar-refractivity contribution >= 4 is 5.69 Å². The van der Waals surface area contributed by atoms with Gasteiger partial charge in [-0.05, 0) is 25.5 Å². The Morgan fingerprint density at radius 3 is 2.94 bits per heavy atom. The van der Waals surface area contributed by atoms with Crippen LogP contribution in [0.3, 0.4) is 0 Å². The van der Waals surface area contributed by atoms with Crippen molar-refractivity contribution in [1.29, 1.82) is 0 Å². The summed E-state index contributed by atoms with van der Waals surface area (Å²) in [4.78, 5) is 8.42. The molecule has 0 fully saturated rings. The molecule has 0 aromatic carbocycles. The molecule has 0 aliphatic heterocycles. The number of pyridine rings is 1. The maximum absolute atomic E-state index is 5.81. The van der Waals surface area contributed by atoms with Crippen LogP contribution in [0.25, 0.3) is 11.6 Å². The van der Waals surface area contributed by atoms with Crippen LogP contribution in [0.1, 0.15) is 32.2 Å². The van der Waals surface area contributed by atoms with E-state index in [1.54, 1.807) is 18.3 Å². The van der Waals surface area contributed by atoms with Gasteiger partial charge in [0, 0.05) is 12.8 Å². The maximum Gasteiger partial charge on any atom is 0.278 e. The topological polar surface area (TPSA) is 87.1 Å². The Morgan fingerprint density at radius 1 is 1.44 bits per heavy atom. The standard InChI is InChI=1S/C12H16N4O2/c1-3-9(17-4-2)11-15-12(18-16-11)10-8(13)6-5-7-14-10/h5-7,9H,3-4,13H2,1-2H3. The predicted molar refractivity (Wildman–Crippen MR) is 66.6 cm³/mol. The molecule has 1 atom stereocenters. The zero-order valence-electron chi connectivity index (χ0n) is 10.5. The summed E-state index contributed by atoms with van der Waals surface area (Å²) < 4.78 is 10.7. The molecule has 0 radical (unpaired) electrons. The molecule has 96 valence electrons. The summed E-state index contributed by atoms with van der Waals surface area (Å²) in [5.41, 5.74) is 6.82. The van der Waals surface area contributed by atoms with Crippen molar-refractivity contribution in [2.45, 2.75) is 26.4 Å². The Labute approximate surface area is 105 Å². The van der Waals surface area contributed by atoms with Crippen molar-refractivity contribution < 1.29 is 9.26 Å².